The van der Waals surface area contributed by atoms with Gasteiger partial charge in [0.1, 0.15) is 0 Å². The van der Waals surface area contributed by atoms with Crippen molar-refractivity contribution >= 4 is 0 Å². The first-order valence-corrected chi connectivity index (χ1v) is 3.18. The van der Waals surface area contributed by atoms with Gasteiger partial charge in [0, 0.05) is 6.07 Å². The van der Waals surface area contributed by atoms with E-state index >= 15 is 0 Å². The van der Waals surface area contributed by atoms with Crippen LogP contribution in [0.5, 0.6) is 0 Å². The lowest BCUT2D eigenvalue weighted by atomic mass is 10.3. The van der Waals surface area contributed by atoms with Crippen molar-refractivity contribution in [3.63, 3.8) is 0 Å². The summed E-state index contributed by atoms with van der Waals surface area (Å²) in [7, 11) is 0. The Morgan fingerprint density at radius 3 is 3.10 bits per heavy atom. The third-order valence-electron chi connectivity index (χ3n) is 1.22. The summed E-state index contributed by atoms with van der Waals surface area (Å²) in [5.41, 5.74) is 0.908. The van der Waals surface area contributed by atoms with Crippen molar-refractivity contribution in [3.05, 3.63) is 17.5 Å². The summed E-state index contributed by atoms with van der Waals surface area (Å²) in [6.45, 7) is 1.99. The predicted molar refractivity (Wildman–Crippen MR) is 35.2 cm³/mol. The number of hydrogen-bond acceptors (Lipinski definition) is 3. The van der Waals surface area contributed by atoms with E-state index in [-0.39, 0.29) is 0 Å². The Kier molecular flexibility index (Phi) is 2.06. The lowest BCUT2D eigenvalue weighted by Crippen LogP contribution is -1.75. The van der Waals surface area contributed by atoms with E-state index in [4.69, 9.17) is 9.78 Å². The molecule has 0 saturated heterocycles. The molecule has 1 aromatic rings. The van der Waals surface area contributed by atoms with Crippen molar-refractivity contribution in [2.45, 2.75) is 19.8 Å². The molecule has 1 heterocycles. The smallest absolute Gasteiger partial charge is 0.151 e. The van der Waals surface area contributed by atoms with Crippen LogP contribution in [0.25, 0.3) is 0 Å². The van der Waals surface area contributed by atoms with E-state index in [9.17, 15) is 0 Å². The zero-order valence-electron chi connectivity index (χ0n) is 5.79. The van der Waals surface area contributed by atoms with Gasteiger partial charge in [-0.2, -0.15) is 5.26 Å². The van der Waals surface area contributed by atoms with Gasteiger partial charge < -0.3 is 4.52 Å². The second-order valence-electron chi connectivity index (χ2n) is 1.97. The van der Waals surface area contributed by atoms with Crippen LogP contribution in [0.15, 0.2) is 10.6 Å². The third-order valence-corrected chi connectivity index (χ3v) is 1.22. The summed E-state index contributed by atoms with van der Waals surface area (Å²) in [5, 5.41) is 12.0. The molecule has 1 aromatic heterocycles. The van der Waals surface area contributed by atoms with Gasteiger partial charge in [-0.05, 0) is 6.42 Å². The van der Waals surface area contributed by atoms with Crippen molar-refractivity contribution in [1.82, 2.24) is 5.16 Å². The van der Waals surface area contributed by atoms with Gasteiger partial charge >= 0.3 is 0 Å². The molecule has 3 nitrogen and oxygen atoms in total. The molecule has 0 aromatic carbocycles. The Morgan fingerprint density at radius 1 is 1.80 bits per heavy atom. The van der Waals surface area contributed by atoms with Gasteiger partial charge in [0.2, 0.25) is 0 Å². The molecule has 0 N–H and O–H groups in total. The average molecular weight is 136 g/mol. The molecule has 0 aliphatic carbocycles. The van der Waals surface area contributed by atoms with Crippen LogP contribution in [-0.2, 0) is 12.8 Å². The highest BCUT2D eigenvalue weighted by molar-refractivity contribution is 5.08. The molecule has 0 unspecified atom stereocenters. The van der Waals surface area contributed by atoms with Crippen LogP contribution >= 0.6 is 0 Å². The Morgan fingerprint density at radius 2 is 2.60 bits per heavy atom. The van der Waals surface area contributed by atoms with Crippen LogP contribution in [0.3, 0.4) is 0 Å². The van der Waals surface area contributed by atoms with E-state index in [1.807, 2.05) is 19.1 Å². The Hall–Kier alpha value is -1.30. The van der Waals surface area contributed by atoms with E-state index in [0.717, 1.165) is 12.1 Å². The minimum atomic E-state index is 0.312. The highest BCUT2D eigenvalue weighted by Crippen LogP contribution is 2.03. The number of rotatable bonds is 2. The van der Waals surface area contributed by atoms with Gasteiger partial charge in [-0.15, -0.1) is 0 Å². The molecule has 0 atom stereocenters. The van der Waals surface area contributed by atoms with Gasteiger partial charge in [-0.3, -0.25) is 0 Å². The van der Waals surface area contributed by atoms with E-state index in [2.05, 4.69) is 5.16 Å². The predicted octanol–water partition coefficient (Wildman–Crippen LogP) is 1.30. The molecule has 0 aliphatic heterocycles. The molecule has 3 heteroatoms. The summed E-state index contributed by atoms with van der Waals surface area (Å²) in [6.07, 6.45) is 1.17. The van der Waals surface area contributed by atoms with E-state index in [0.29, 0.717) is 12.2 Å². The molecule has 1 rings (SSSR count). The zero-order valence-corrected chi connectivity index (χ0v) is 5.79. The van der Waals surface area contributed by atoms with E-state index < -0.39 is 0 Å². The van der Waals surface area contributed by atoms with Crippen molar-refractivity contribution in [2.75, 3.05) is 0 Å². The fraction of sp³-hybridized carbons (Fsp3) is 0.429. The summed E-state index contributed by atoms with van der Waals surface area (Å²) >= 11 is 0. The Labute approximate surface area is 59.2 Å². The number of nitriles is 1. The SMILES string of the molecule is CCc1cc(CC#N)on1. The monoisotopic (exact) mass is 136 g/mol. The van der Waals surface area contributed by atoms with Crippen molar-refractivity contribution in [3.8, 4) is 6.07 Å². The van der Waals surface area contributed by atoms with Crippen molar-refractivity contribution in [2.24, 2.45) is 0 Å². The Balaban J connectivity index is 2.70. The van der Waals surface area contributed by atoms with Crippen LogP contribution in [0, 0.1) is 11.3 Å². The van der Waals surface area contributed by atoms with Crippen LogP contribution < -0.4 is 0 Å². The van der Waals surface area contributed by atoms with Gasteiger partial charge in [0.15, 0.2) is 5.76 Å². The lowest BCUT2D eigenvalue weighted by Gasteiger charge is -1.76. The van der Waals surface area contributed by atoms with Gasteiger partial charge in [-0.25, -0.2) is 0 Å². The number of hydrogen-bond donors (Lipinski definition) is 0. The summed E-state index contributed by atoms with van der Waals surface area (Å²) in [4.78, 5) is 0. The average Bonchev–Trinajstić information content (AvgIpc) is 2.37. The molecular weight excluding hydrogens is 128 g/mol. The first-order chi connectivity index (χ1) is 4.86. The second kappa shape index (κ2) is 3.02. The number of aryl methyl sites for hydroxylation is 1. The standard InChI is InChI=1S/C7H8N2O/c1-2-6-5-7(3-4-8)10-9-6/h5H,2-3H2,1H3. The topological polar surface area (TPSA) is 49.8 Å². The molecule has 0 bridgehead atoms. The third kappa shape index (κ3) is 1.35. The van der Waals surface area contributed by atoms with Gasteiger partial charge in [-0.1, -0.05) is 12.1 Å². The zero-order chi connectivity index (χ0) is 7.40. The largest absolute Gasteiger partial charge is 0.360 e. The van der Waals surface area contributed by atoms with E-state index in [1.54, 1.807) is 0 Å². The van der Waals surface area contributed by atoms with Gasteiger partial charge in [0.05, 0.1) is 18.2 Å². The second-order valence-corrected chi connectivity index (χ2v) is 1.97. The summed E-state index contributed by atoms with van der Waals surface area (Å²) in [6, 6.07) is 3.80. The lowest BCUT2D eigenvalue weighted by molar-refractivity contribution is 0.385. The highest BCUT2D eigenvalue weighted by atomic mass is 16.5. The normalized spacial score (nSPS) is 9.20. The van der Waals surface area contributed by atoms with Crippen molar-refractivity contribution < 1.29 is 4.52 Å². The maximum atomic E-state index is 8.26. The highest BCUT2D eigenvalue weighted by Gasteiger charge is 1.99. The molecule has 52 valence electrons. The molecule has 0 fully saturated rings. The quantitative estimate of drug-likeness (QED) is 0.615. The molecule has 0 saturated carbocycles. The maximum absolute atomic E-state index is 8.26. The number of nitrogens with zero attached hydrogens (tertiary/aromatic N) is 2. The summed E-state index contributed by atoms with van der Waals surface area (Å²) < 4.78 is 4.82. The maximum Gasteiger partial charge on any atom is 0.151 e. The first-order valence-electron chi connectivity index (χ1n) is 3.18. The minimum Gasteiger partial charge on any atom is -0.360 e. The van der Waals surface area contributed by atoms with Crippen LogP contribution in [-0.4, -0.2) is 5.16 Å². The minimum absolute atomic E-state index is 0.312. The molecule has 0 aliphatic rings. The van der Waals surface area contributed by atoms with Crippen molar-refractivity contribution in [1.29, 1.82) is 5.26 Å². The van der Waals surface area contributed by atoms with Crippen LogP contribution in [0.4, 0.5) is 0 Å². The van der Waals surface area contributed by atoms with Gasteiger partial charge in [0.25, 0.3) is 0 Å². The molecular formula is C7H8N2O. The number of aromatic nitrogens is 1. The fourth-order valence-corrected chi connectivity index (χ4v) is 0.684. The summed E-state index contributed by atoms with van der Waals surface area (Å²) in [5.74, 6) is 0.652. The molecule has 10 heavy (non-hydrogen) atoms. The van der Waals surface area contributed by atoms with Crippen LogP contribution in [0.1, 0.15) is 18.4 Å². The van der Waals surface area contributed by atoms with Crippen LogP contribution in [0.2, 0.25) is 0 Å². The fourth-order valence-electron chi connectivity index (χ4n) is 0.684. The first kappa shape index (κ1) is 6.81. The van der Waals surface area contributed by atoms with E-state index in [1.165, 1.54) is 0 Å². The molecule has 0 amide bonds. The Bertz CT molecular complexity index is 246. The molecule has 0 radical (unpaired) electrons. The molecule has 0 spiro atoms.